The maximum Gasteiger partial charge on any atom is 0.255 e. The van der Waals surface area contributed by atoms with Crippen LogP contribution < -0.4 is 0 Å². The fraction of sp³-hybridized carbons (Fsp3) is 0.381. The smallest absolute Gasteiger partial charge is 0.255 e. The Labute approximate surface area is 171 Å². The number of halogens is 1. The largest absolute Gasteiger partial charge is 0.337 e. The van der Waals surface area contributed by atoms with Crippen LogP contribution in [0.15, 0.2) is 59.5 Å². The lowest BCUT2D eigenvalue weighted by atomic mass is 10.2. The van der Waals surface area contributed by atoms with Crippen molar-refractivity contribution < 1.29 is 13.2 Å². The number of sulfone groups is 1. The molecule has 1 saturated heterocycles. The molecule has 3 rings (SSSR count). The highest BCUT2D eigenvalue weighted by Crippen LogP contribution is 2.18. The second-order valence-corrected chi connectivity index (χ2v) is 9.47. The van der Waals surface area contributed by atoms with E-state index in [1.807, 2.05) is 23.1 Å². The zero-order valence-electron chi connectivity index (χ0n) is 15.8. The summed E-state index contributed by atoms with van der Waals surface area (Å²) in [6, 6.07) is 15.7. The molecule has 0 bridgehead atoms. The molecule has 0 unspecified atom stereocenters. The van der Waals surface area contributed by atoms with Gasteiger partial charge in [0, 0.05) is 19.6 Å². The second kappa shape index (κ2) is 9.54. The summed E-state index contributed by atoms with van der Waals surface area (Å²) in [7, 11) is -3.24. The Kier molecular flexibility index (Phi) is 7.10. The van der Waals surface area contributed by atoms with Crippen molar-refractivity contribution in [1.82, 2.24) is 9.80 Å². The molecule has 1 aliphatic heterocycles. The topological polar surface area (TPSA) is 57.7 Å². The molecular formula is C21H25ClN2O3S. The van der Waals surface area contributed by atoms with E-state index in [0.29, 0.717) is 41.5 Å². The van der Waals surface area contributed by atoms with E-state index in [4.69, 9.17) is 11.6 Å². The summed E-state index contributed by atoms with van der Waals surface area (Å²) in [5, 5.41) is 0.472. The van der Waals surface area contributed by atoms with Crippen LogP contribution in [0.4, 0.5) is 0 Å². The lowest BCUT2D eigenvalue weighted by molar-refractivity contribution is 0.0761. The van der Waals surface area contributed by atoms with Crippen molar-refractivity contribution in [3.05, 3.63) is 65.2 Å². The van der Waals surface area contributed by atoms with E-state index >= 15 is 0 Å². The minimum atomic E-state index is -3.24. The molecule has 0 aliphatic carbocycles. The normalized spacial score (nSPS) is 16.0. The summed E-state index contributed by atoms with van der Waals surface area (Å²) in [5.74, 6) is 0.0922. The summed E-state index contributed by atoms with van der Waals surface area (Å²) in [6.07, 6.45) is 1.44. The van der Waals surface area contributed by atoms with E-state index in [1.165, 1.54) is 0 Å². The molecule has 0 saturated carbocycles. The molecule has 0 N–H and O–H groups in total. The Balaban J connectivity index is 1.50. The lowest BCUT2D eigenvalue weighted by Gasteiger charge is -2.22. The van der Waals surface area contributed by atoms with Crippen molar-refractivity contribution in [1.29, 1.82) is 0 Å². The van der Waals surface area contributed by atoms with Crippen LogP contribution in [0.2, 0.25) is 5.02 Å². The van der Waals surface area contributed by atoms with E-state index in [-0.39, 0.29) is 11.7 Å². The Bertz CT molecular complexity index is 903. The van der Waals surface area contributed by atoms with E-state index < -0.39 is 9.84 Å². The molecule has 2 aromatic carbocycles. The van der Waals surface area contributed by atoms with Crippen LogP contribution in [0.3, 0.4) is 0 Å². The van der Waals surface area contributed by atoms with Crippen molar-refractivity contribution >= 4 is 27.3 Å². The molecular weight excluding hydrogens is 396 g/mol. The number of hydrogen-bond acceptors (Lipinski definition) is 4. The van der Waals surface area contributed by atoms with Crippen molar-refractivity contribution in [2.45, 2.75) is 17.7 Å². The molecule has 0 atom stereocenters. The third-order valence-corrected chi connectivity index (χ3v) is 7.12. The fourth-order valence-corrected chi connectivity index (χ4v) is 4.96. The monoisotopic (exact) mass is 420 g/mol. The molecule has 28 heavy (non-hydrogen) atoms. The Morgan fingerprint density at radius 1 is 0.929 bits per heavy atom. The van der Waals surface area contributed by atoms with Gasteiger partial charge in [-0.05, 0) is 50.2 Å². The molecule has 0 spiro atoms. The average Bonchev–Trinajstić information content (AvgIpc) is 2.94. The van der Waals surface area contributed by atoms with Gasteiger partial charge in [0.1, 0.15) is 0 Å². The van der Waals surface area contributed by atoms with Gasteiger partial charge in [-0.3, -0.25) is 4.79 Å². The minimum Gasteiger partial charge on any atom is -0.337 e. The lowest BCUT2D eigenvalue weighted by Crippen LogP contribution is -2.35. The quantitative estimate of drug-likeness (QED) is 0.719. The number of benzene rings is 2. The molecule has 1 aliphatic rings. The summed E-state index contributed by atoms with van der Waals surface area (Å²) in [6.45, 7) is 3.61. The maximum absolute atomic E-state index is 12.7. The first-order chi connectivity index (χ1) is 13.5. The highest BCUT2D eigenvalue weighted by atomic mass is 35.5. The highest BCUT2D eigenvalue weighted by molar-refractivity contribution is 7.91. The van der Waals surface area contributed by atoms with Crippen LogP contribution in [0.5, 0.6) is 0 Å². The van der Waals surface area contributed by atoms with Crippen molar-refractivity contribution in [2.24, 2.45) is 0 Å². The molecule has 1 amide bonds. The number of carbonyl (C=O) groups excluding carboxylic acids is 1. The number of hydrogen-bond donors (Lipinski definition) is 0. The SMILES string of the molecule is O=C(c1ccccc1Cl)N1CCCN(CCCS(=O)(=O)c2ccccc2)CC1. The van der Waals surface area contributed by atoms with Crippen LogP contribution in [0.25, 0.3) is 0 Å². The Morgan fingerprint density at radius 2 is 1.64 bits per heavy atom. The Morgan fingerprint density at radius 3 is 2.39 bits per heavy atom. The number of rotatable bonds is 6. The second-order valence-electron chi connectivity index (χ2n) is 6.95. The fourth-order valence-electron chi connectivity index (χ4n) is 3.43. The first kappa shape index (κ1) is 20.8. The van der Waals surface area contributed by atoms with Gasteiger partial charge >= 0.3 is 0 Å². The van der Waals surface area contributed by atoms with Gasteiger partial charge in [-0.25, -0.2) is 8.42 Å². The van der Waals surface area contributed by atoms with Gasteiger partial charge in [0.2, 0.25) is 0 Å². The van der Waals surface area contributed by atoms with Crippen LogP contribution >= 0.6 is 11.6 Å². The third kappa shape index (κ3) is 5.34. The van der Waals surface area contributed by atoms with Gasteiger partial charge in [-0.2, -0.15) is 0 Å². The zero-order chi connectivity index (χ0) is 20.0. The average molecular weight is 421 g/mol. The van der Waals surface area contributed by atoms with E-state index in [9.17, 15) is 13.2 Å². The number of amides is 1. The van der Waals surface area contributed by atoms with Crippen LogP contribution in [-0.4, -0.2) is 62.6 Å². The van der Waals surface area contributed by atoms with Gasteiger partial charge in [-0.15, -0.1) is 0 Å². The van der Waals surface area contributed by atoms with Gasteiger partial charge in [0.05, 0.1) is 21.2 Å². The summed E-state index contributed by atoms with van der Waals surface area (Å²) < 4.78 is 24.8. The predicted octanol–water partition coefficient (Wildman–Crippen LogP) is 3.35. The van der Waals surface area contributed by atoms with E-state index in [0.717, 1.165) is 19.5 Å². The zero-order valence-corrected chi connectivity index (χ0v) is 17.3. The molecule has 150 valence electrons. The third-order valence-electron chi connectivity index (χ3n) is 4.97. The number of carbonyl (C=O) groups is 1. The summed E-state index contributed by atoms with van der Waals surface area (Å²) >= 11 is 6.15. The Hall–Kier alpha value is -1.89. The first-order valence-corrected chi connectivity index (χ1v) is 11.5. The molecule has 1 fully saturated rings. The van der Waals surface area contributed by atoms with E-state index in [1.54, 1.807) is 36.4 Å². The van der Waals surface area contributed by atoms with Gasteiger partial charge < -0.3 is 9.80 Å². The van der Waals surface area contributed by atoms with Gasteiger partial charge in [0.25, 0.3) is 5.91 Å². The van der Waals surface area contributed by atoms with Crippen LogP contribution in [0, 0.1) is 0 Å². The standard InChI is InChI=1S/C21H25ClN2O3S/c22-20-11-5-4-10-19(20)21(25)24-14-6-12-23(15-16-24)13-7-17-28(26,27)18-8-2-1-3-9-18/h1-5,8-11H,6-7,12-17H2. The highest BCUT2D eigenvalue weighted by Gasteiger charge is 2.22. The van der Waals surface area contributed by atoms with Crippen molar-refractivity contribution in [3.63, 3.8) is 0 Å². The number of nitrogens with zero attached hydrogens (tertiary/aromatic N) is 2. The molecule has 1 heterocycles. The van der Waals surface area contributed by atoms with Crippen molar-refractivity contribution in [3.8, 4) is 0 Å². The summed E-state index contributed by atoms with van der Waals surface area (Å²) in [4.78, 5) is 17.2. The van der Waals surface area contributed by atoms with E-state index in [2.05, 4.69) is 4.90 Å². The van der Waals surface area contributed by atoms with Gasteiger partial charge in [-0.1, -0.05) is 41.9 Å². The minimum absolute atomic E-state index is 0.0425. The molecule has 7 heteroatoms. The molecule has 2 aromatic rings. The predicted molar refractivity (Wildman–Crippen MR) is 112 cm³/mol. The van der Waals surface area contributed by atoms with Crippen LogP contribution in [-0.2, 0) is 9.84 Å². The van der Waals surface area contributed by atoms with Gasteiger partial charge in [0.15, 0.2) is 9.84 Å². The maximum atomic E-state index is 12.7. The summed E-state index contributed by atoms with van der Waals surface area (Å²) in [5.41, 5.74) is 0.534. The first-order valence-electron chi connectivity index (χ1n) is 9.51. The van der Waals surface area contributed by atoms with Crippen molar-refractivity contribution in [2.75, 3.05) is 38.5 Å². The molecule has 5 nitrogen and oxygen atoms in total. The molecule has 0 aromatic heterocycles. The van der Waals surface area contributed by atoms with Crippen LogP contribution in [0.1, 0.15) is 23.2 Å². The molecule has 0 radical (unpaired) electrons.